The van der Waals surface area contributed by atoms with Crippen LogP contribution in [0.15, 0.2) is 37.0 Å². The van der Waals surface area contributed by atoms with Crippen molar-refractivity contribution in [3.8, 4) is 0 Å². The first-order valence-electron chi connectivity index (χ1n) is 9.88. The van der Waals surface area contributed by atoms with Crippen LogP contribution >= 0.6 is 0 Å². The van der Waals surface area contributed by atoms with Gasteiger partial charge < -0.3 is 14.2 Å². The molecule has 0 aliphatic heterocycles. The largest absolute Gasteiger partial charge is 0.458 e. The molecule has 0 radical (unpaired) electrons. The maximum atomic E-state index is 12.8. The van der Waals surface area contributed by atoms with E-state index in [1.807, 2.05) is 20.8 Å². The van der Waals surface area contributed by atoms with Gasteiger partial charge in [0, 0.05) is 7.05 Å². The molecule has 2 atom stereocenters. The zero-order chi connectivity index (χ0) is 23.7. The summed E-state index contributed by atoms with van der Waals surface area (Å²) in [7, 11) is 1.48. The average molecular weight is 424 g/mol. The highest BCUT2D eigenvalue weighted by Gasteiger charge is 2.36. The van der Waals surface area contributed by atoms with E-state index in [0.717, 1.165) is 0 Å². The Kier molecular flexibility index (Phi) is 10.6. The topological polar surface area (TPSA) is 82.1 Å². The number of carbonyl (C=O) groups is 3. The molecule has 0 saturated carbocycles. The second-order valence-electron chi connectivity index (χ2n) is 9.24. The molecular weight excluding hydrogens is 386 g/mol. The van der Waals surface area contributed by atoms with Crippen LogP contribution in [0.3, 0.4) is 0 Å². The van der Waals surface area contributed by atoms with E-state index < -0.39 is 35.8 Å². The van der Waals surface area contributed by atoms with Crippen molar-refractivity contribution in [3.63, 3.8) is 0 Å². The molecule has 0 unspecified atom stereocenters. The van der Waals surface area contributed by atoms with Crippen molar-refractivity contribution in [2.24, 2.45) is 5.41 Å². The molecule has 30 heavy (non-hydrogen) atoms. The minimum absolute atomic E-state index is 0.0144. The lowest BCUT2D eigenvalue weighted by molar-refractivity contribution is -0.169. The number of nitrogens with zero attached hydrogens (tertiary/aromatic N) is 1. The fourth-order valence-electron chi connectivity index (χ4n) is 2.32. The first-order chi connectivity index (χ1) is 13.6. The zero-order valence-electron chi connectivity index (χ0n) is 19.6. The molecule has 7 heteroatoms. The summed E-state index contributed by atoms with van der Waals surface area (Å²) in [6.07, 6.45) is 3.30. The fourth-order valence-corrected chi connectivity index (χ4v) is 2.32. The summed E-state index contributed by atoms with van der Waals surface area (Å²) < 4.78 is 15.8. The molecule has 0 aliphatic carbocycles. The van der Waals surface area contributed by atoms with E-state index in [1.54, 1.807) is 39.0 Å². The number of allylic oxidation sites excluding steroid dienone is 2. The minimum atomic E-state index is -1.14. The quantitative estimate of drug-likeness (QED) is 0.310. The number of likely N-dealkylation sites (N-methyl/N-ethyl adjacent to an activating group) is 1. The smallest absolute Gasteiger partial charge is 0.410 e. The molecule has 0 rings (SSSR count). The third kappa shape index (κ3) is 10.8. The summed E-state index contributed by atoms with van der Waals surface area (Å²) in [5.41, 5.74) is -0.328. The van der Waals surface area contributed by atoms with Crippen molar-refractivity contribution in [1.29, 1.82) is 0 Å². The molecule has 0 spiro atoms. The van der Waals surface area contributed by atoms with E-state index in [-0.39, 0.29) is 12.0 Å². The summed E-state index contributed by atoms with van der Waals surface area (Å²) in [4.78, 5) is 38.7. The van der Waals surface area contributed by atoms with Gasteiger partial charge in [-0.05, 0) is 45.1 Å². The predicted octanol–water partition coefficient (Wildman–Crippen LogP) is 4.43. The molecule has 0 heterocycles. The molecule has 0 aromatic rings. The third-order valence-corrected chi connectivity index (χ3v) is 3.83. The van der Waals surface area contributed by atoms with Gasteiger partial charge in [-0.15, -0.1) is 0 Å². The van der Waals surface area contributed by atoms with Crippen molar-refractivity contribution < 1.29 is 28.6 Å². The van der Waals surface area contributed by atoms with E-state index >= 15 is 0 Å². The first kappa shape index (κ1) is 27.4. The molecule has 0 bridgehead atoms. The van der Waals surface area contributed by atoms with Gasteiger partial charge in [0.2, 0.25) is 0 Å². The molecule has 0 aromatic carbocycles. The van der Waals surface area contributed by atoms with Gasteiger partial charge in [0.15, 0.2) is 6.10 Å². The van der Waals surface area contributed by atoms with Gasteiger partial charge in [-0.25, -0.2) is 14.4 Å². The molecule has 0 saturated heterocycles. The monoisotopic (exact) mass is 423 g/mol. The van der Waals surface area contributed by atoms with Gasteiger partial charge in [-0.3, -0.25) is 4.90 Å². The van der Waals surface area contributed by atoms with E-state index in [2.05, 4.69) is 13.2 Å². The predicted molar refractivity (Wildman–Crippen MR) is 117 cm³/mol. The van der Waals surface area contributed by atoms with Gasteiger partial charge in [0.05, 0.1) is 0 Å². The summed E-state index contributed by atoms with van der Waals surface area (Å²) in [6.45, 7) is 19.7. The van der Waals surface area contributed by atoms with Crippen LogP contribution in [0.2, 0.25) is 0 Å². The molecule has 170 valence electrons. The Morgan fingerprint density at radius 3 is 2.03 bits per heavy atom. The number of ether oxygens (including phenoxy) is 3. The van der Waals surface area contributed by atoms with Crippen molar-refractivity contribution in [2.75, 3.05) is 13.7 Å². The lowest BCUT2D eigenvalue weighted by atomic mass is 9.87. The van der Waals surface area contributed by atoms with Gasteiger partial charge in [-0.1, -0.05) is 52.2 Å². The zero-order valence-corrected chi connectivity index (χ0v) is 19.6. The fraction of sp³-hybridized carbons (Fsp3) is 0.609. The summed E-state index contributed by atoms with van der Waals surface area (Å²) in [6, 6.07) is -0.917. The Bertz CT molecular complexity index is 666. The Hall–Kier alpha value is -2.57. The van der Waals surface area contributed by atoms with Crippen LogP contribution in [0.25, 0.3) is 0 Å². The second-order valence-corrected chi connectivity index (χ2v) is 9.24. The average Bonchev–Trinajstić information content (AvgIpc) is 2.59. The summed E-state index contributed by atoms with van der Waals surface area (Å²) in [5.74, 6) is -1.40. The summed E-state index contributed by atoms with van der Waals surface area (Å²) >= 11 is 0. The lowest BCUT2D eigenvalue weighted by Crippen LogP contribution is -2.48. The van der Waals surface area contributed by atoms with Crippen molar-refractivity contribution in [2.45, 2.75) is 72.6 Å². The Morgan fingerprint density at radius 2 is 1.60 bits per heavy atom. The number of rotatable bonds is 9. The van der Waals surface area contributed by atoms with Crippen molar-refractivity contribution in [1.82, 2.24) is 4.90 Å². The molecular formula is C23H37NO6. The Balaban J connectivity index is 5.25. The highest BCUT2D eigenvalue weighted by molar-refractivity contribution is 5.84. The number of hydrogen-bond donors (Lipinski definition) is 0. The molecule has 7 nitrogen and oxygen atoms in total. The van der Waals surface area contributed by atoms with Crippen molar-refractivity contribution in [3.05, 3.63) is 37.0 Å². The Morgan fingerprint density at radius 1 is 1.03 bits per heavy atom. The molecule has 0 aliphatic rings. The first-order valence-corrected chi connectivity index (χ1v) is 9.88. The van der Waals surface area contributed by atoms with Crippen LogP contribution in [-0.2, 0) is 23.8 Å². The van der Waals surface area contributed by atoms with Gasteiger partial charge in [0.1, 0.15) is 18.2 Å². The van der Waals surface area contributed by atoms with Crippen LogP contribution in [0.5, 0.6) is 0 Å². The molecule has 0 aromatic heterocycles. The maximum Gasteiger partial charge on any atom is 0.410 e. The normalized spacial score (nSPS) is 14.2. The number of hydrogen-bond acceptors (Lipinski definition) is 6. The van der Waals surface area contributed by atoms with Crippen LogP contribution in [0.4, 0.5) is 4.79 Å². The summed E-state index contributed by atoms with van der Waals surface area (Å²) in [5, 5.41) is 0. The number of amides is 1. The Labute approximate surface area is 180 Å². The van der Waals surface area contributed by atoms with Crippen LogP contribution in [0, 0.1) is 5.41 Å². The van der Waals surface area contributed by atoms with E-state index in [9.17, 15) is 14.4 Å². The van der Waals surface area contributed by atoms with Gasteiger partial charge >= 0.3 is 18.0 Å². The number of esters is 2. The van der Waals surface area contributed by atoms with Crippen LogP contribution < -0.4 is 0 Å². The van der Waals surface area contributed by atoms with Crippen molar-refractivity contribution >= 4 is 18.0 Å². The van der Waals surface area contributed by atoms with E-state index in [0.29, 0.717) is 12.0 Å². The van der Waals surface area contributed by atoms with E-state index in [4.69, 9.17) is 14.2 Å². The molecule has 1 amide bonds. The van der Waals surface area contributed by atoms with Crippen LogP contribution in [0.1, 0.15) is 54.9 Å². The van der Waals surface area contributed by atoms with Crippen LogP contribution in [-0.4, -0.2) is 54.3 Å². The van der Waals surface area contributed by atoms with Gasteiger partial charge in [0.25, 0.3) is 0 Å². The standard InChI is InChI=1S/C23H37NO6/c1-11-13-17(12-2)15-28-19(25)16(3)29-20(26)18(14-22(4,5)6)24(10)21(27)30-23(7,8)9/h11-13,16,18H,1-2,14-15H2,3-10H3/b17-13+/t16-,18+/m1/s1. The third-order valence-electron chi connectivity index (χ3n) is 3.83. The SMILES string of the molecule is C=C/C=C(\C=C)COC(=O)[C@@H](C)OC(=O)[C@H](CC(C)(C)C)N(C)C(=O)OC(C)(C)C. The number of carbonyl (C=O) groups excluding carboxylic acids is 3. The minimum Gasteiger partial charge on any atom is -0.458 e. The second kappa shape index (κ2) is 11.6. The van der Waals surface area contributed by atoms with Gasteiger partial charge in [-0.2, -0.15) is 0 Å². The maximum absolute atomic E-state index is 12.8. The molecule has 0 fully saturated rings. The van der Waals surface area contributed by atoms with E-state index in [1.165, 1.54) is 18.9 Å². The lowest BCUT2D eigenvalue weighted by Gasteiger charge is -2.33. The highest BCUT2D eigenvalue weighted by Crippen LogP contribution is 2.25. The highest BCUT2D eigenvalue weighted by atomic mass is 16.6. The molecule has 0 N–H and O–H groups in total.